The van der Waals surface area contributed by atoms with E-state index in [4.69, 9.17) is 0 Å². The fourth-order valence-corrected chi connectivity index (χ4v) is 2.29. The van der Waals surface area contributed by atoms with Gasteiger partial charge in [0, 0.05) is 12.2 Å². The molecule has 0 radical (unpaired) electrons. The van der Waals surface area contributed by atoms with Gasteiger partial charge in [0.05, 0.1) is 5.60 Å². The highest BCUT2D eigenvalue weighted by Crippen LogP contribution is 2.28. The first-order chi connectivity index (χ1) is 9.48. The van der Waals surface area contributed by atoms with Crippen LogP contribution in [0.1, 0.15) is 25.7 Å². The van der Waals surface area contributed by atoms with Crippen molar-refractivity contribution in [3.63, 3.8) is 0 Å². The Labute approximate surface area is 116 Å². The number of anilines is 1. The topological polar surface area (TPSA) is 78.4 Å². The van der Waals surface area contributed by atoms with E-state index in [-0.39, 0.29) is 12.2 Å². The van der Waals surface area contributed by atoms with E-state index in [0.717, 1.165) is 18.9 Å². The molecule has 0 bridgehead atoms. The highest BCUT2D eigenvalue weighted by Gasteiger charge is 2.32. The first-order valence-corrected chi connectivity index (χ1v) is 6.56. The van der Waals surface area contributed by atoms with Crippen LogP contribution in [0.3, 0.4) is 0 Å². The van der Waals surface area contributed by atoms with Crippen LogP contribution >= 0.6 is 0 Å². The second-order valence-electron chi connectivity index (χ2n) is 5.08. The Bertz CT molecular complexity index is 513. The van der Waals surface area contributed by atoms with Gasteiger partial charge in [-0.3, -0.25) is 9.59 Å². The van der Waals surface area contributed by atoms with Crippen molar-refractivity contribution in [2.45, 2.75) is 31.3 Å². The molecule has 0 spiro atoms. The van der Waals surface area contributed by atoms with Crippen molar-refractivity contribution in [2.75, 3.05) is 11.9 Å². The molecule has 20 heavy (non-hydrogen) atoms. The van der Waals surface area contributed by atoms with Gasteiger partial charge >= 0.3 is 11.8 Å². The molecule has 1 aromatic rings. The highest BCUT2D eigenvalue weighted by atomic mass is 19.1. The molecule has 1 aromatic carbocycles. The van der Waals surface area contributed by atoms with Crippen molar-refractivity contribution < 1.29 is 19.1 Å². The zero-order chi connectivity index (χ0) is 14.6. The van der Waals surface area contributed by atoms with Crippen molar-refractivity contribution in [1.29, 1.82) is 0 Å². The van der Waals surface area contributed by atoms with Gasteiger partial charge in [-0.15, -0.1) is 0 Å². The van der Waals surface area contributed by atoms with E-state index in [2.05, 4.69) is 10.6 Å². The summed E-state index contributed by atoms with van der Waals surface area (Å²) in [4.78, 5) is 23.2. The molecule has 108 valence electrons. The van der Waals surface area contributed by atoms with Gasteiger partial charge in [0.2, 0.25) is 0 Å². The molecule has 3 N–H and O–H groups in total. The molecular weight excluding hydrogens is 263 g/mol. The van der Waals surface area contributed by atoms with Gasteiger partial charge in [-0.05, 0) is 31.0 Å². The molecule has 1 aliphatic carbocycles. The minimum atomic E-state index is -0.908. The summed E-state index contributed by atoms with van der Waals surface area (Å²) in [7, 11) is 0. The van der Waals surface area contributed by atoms with E-state index in [1.54, 1.807) is 0 Å². The Morgan fingerprint density at radius 2 is 1.95 bits per heavy atom. The monoisotopic (exact) mass is 280 g/mol. The third-order valence-corrected chi connectivity index (χ3v) is 3.40. The van der Waals surface area contributed by atoms with Crippen molar-refractivity contribution in [1.82, 2.24) is 5.32 Å². The lowest BCUT2D eigenvalue weighted by atomic mass is 10.0. The molecule has 0 unspecified atom stereocenters. The number of hydrogen-bond donors (Lipinski definition) is 3. The number of halogens is 1. The Morgan fingerprint density at radius 1 is 1.25 bits per heavy atom. The van der Waals surface area contributed by atoms with Crippen LogP contribution in [0.5, 0.6) is 0 Å². The van der Waals surface area contributed by atoms with E-state index in [1.165, 1.54) is 18.2 Å². The predicted molar refractivity (Wildman–Crippen MR) is 71.5 cm³/mol. The SMILES string of the molecule is O=C(NCC1(O)CCCC1)C(=O)Nc1cccc(F)c1. The maximum Gasteiger partial charge on any atom is 0.313 e. The van der Waals surface area contributed by atoms with Crippen molar-refractivity contribution in [3.8, 4) is 0 Å². The molecule has 6 heteroatoms. The molecule has 0 saturated heterocycles. The second-order valence-corrected chi connectivity index (χ2v) is 5.08. The molecule has 0 heterocycles. The Hall–Kier alpha value is -1.95. The maximum atomic E-state index is 12.9. The molecule has 0 aromatic heterocycles. The summed E-state index contributed by atoms with van der Waals surface area (Å²) in [5.74, 6) is -2.21. The molecule has 1 saturated carbocycles. The number of hydrogen-bond acceptors (Lipinski definition) is 3. The predicted octanol–water partition coefficient (Wildman–Crippen LogP) is 1.19. The van der Waals surface area contributed by atoms with Gasteiger partial charge in [0.1, 0.15) is 5.82 Å². The number of aliphatic hydroxyl groups is 1. The molecule has 0 atom stereocenters. The van der Waals surface area contributed by atoms with Gasteiger partial charge in [0.25, 0.3) is 0 Å². The average molecular weight is 280 g/mol. The number of carbonyl (C=O) groups excluding carboxylic acids is 2. The number of carbonyl (C=O) groups is 2. The van der Waals surface area contributed by atoms with Crippen LogP contribution in [0.25, 0.3) is 0 Å². The smallest absolute Gasteiger partial charge is 0.313 e. The summed E-state index contributed by atoms with van der Waals surface area (Å²) < 4.78 is 12.9. The number of amides is 2. The van der Waals surface area contributed by atoms with E-state index in [0.29, 0.717) is 12.8 Å². The fraction of sp³-hybridized carbons (Fsp3) is 0.429. The van der Waals surface area contributed by atoms with Gasteiger partial charge in [-0.2, -0.15) is 0 Å². The first-order valence-electron chi connectivity index (χ1n) is 6.56. The molecular formula is C14H17FN2O3. The Morgan fingerprint density at radius 3 is 2.60 bits per heavy atom. The van der Waals surface area contributed by atoms with Gasteiger partial charge in [-0.25, -0.2) is 4.39 Å². The summed E-state index contributed by atoms with van der Waals surface area (Å²) >= 11 is 0. The van der Waals surface area contributed by atoms with Crippen molar-refractivity contribution in [3.05, 3.63) is 30.1 Å². The molecule has 2 amide bonds. The van der Waals surface area contributed by atoms with Gasteiger partial charge in [-0.1, -0.05) is 18.9 Å². The summed E-state index contributed by atoms with van der Waals surface area (Å²) in [6, 6.07) is 5.28. The van der Waals surface area contributed by atoms with E-state index in [1.807, 2.05) is 0 Å². The minimum Gasteiger partial charge on any atom is -0.388 e. The molecule has 0 aliphatic heterocycles. The largest absolute Gasteiger partial charge is 0.388 e. The van der Waals surface area contributed by atoms with Crippen LogP contribution < -0.4 is 10.6 Å². The van der Waals surface area contributed by atoms with Crippen LogP contribution in [-0.2, 0) is 9.59 Å². The number of nitrogens with one attached hydrogen (secondary N) is 2. The van der Waals surface area contributed by atoms with Crippen molar-refractivity contribution in [2.24, 2.45) is 0 Å². The maximum absolute atomic E-state index is 12.9. The summed E-state index contributed by atoms with van der Waals surface area (Å²) in [5, 5.41) is 14.8. The lowest BCUT2D eigenvalue weighted by Gasteiger charge is -2.22. The third kappa shape index (κ3) is 3.77. The van der Waals surface area contributed by atoms with Gasteiger partial charge < -0.3 is 15.7 Å². The molecule has 2 rings (SSSR count). The van der Waals surface area contributed by atoms with Crippen LogP contribution in [-0.4, -0.2) is 29.1 Å². The summed E-state index contributed by atoms with van der Waals surface area (Å²) in [6.07, 6.45) is 3.08. The Kier molecular flexibility index (Phi) is 4.34. The van der Waals surface area contributed by atoms with Crippen LogP contribution in [0, 0.1) is 5.82 Å². The minimum absolute atomic E-state index is 0.0579. The normalized spacial score (nSPS) is 16.7. The van der Waals surface area contributed by atoms with E-state index >= 15 is 0 Å². The standard InChI is InChI=1S/C14H17FN2O3/c15-10-4-3-5-11(8-10)17-13(19)12(18)16-9-14(20)6-1-2-7-14/h3-5,8,20H,1-2,6-7,9H2,(H,16,18)(H,17,19). The zero-order valence-corrected chi connectivity index (χ0v) is 11.0. The first kappa shape index (κ1) is 14.5. The Balaban J connectivity index is 1.84. The average Bonchev–Trinajstić information content (AvgIpc) is 2.83. The second kappa shape index (κ2) is 6.00. The highest BCUT2D eigenvalue weighted by molar-refractivity contribution is 6.39. The summed E-state index contributed by atoms with van der Waals surface area (Å²) in [6.45, 7) is 0.0579. The van der Waals surface area contributed by atoms with Crippen LogP contribution in [0.15, 0.2) is 24.3 Å². The molecule has 1 aliphatic rings. The lowest BCUT2D eigenvalue weighted by molar-refractivity contribution is -0.136. The van der Waals surface area contributed by atoms with Crippen molar-refractivity contribution >= 4 is 17.5 Å². The third-order valence-electron chi connectivity index (χ3n) is 3.40. The molecule has 1 fully saturated rings. The lowest BCUT2D eigenvalue weighted by Crippen LogP contribution is -2.44. The van der Waals surface area contributed by atoms with Crippen LogP contribution in [0.2, 0.25) is 0 Å². The van der Waals surface area contributed by atoms with E-state index < -0.39 is 23.2 Å². The number of rotatable bonds is 3. The quantitative estimate of drug-likeness (QED) is 0.728. The zero-order valence-electron chi connectivity index (χ0n) is 11.0. The fourth-order valence-electron chi connectivity index (χ4n) is 2.29. The van der Waals surface area contributed by atoms with E-state index in [9.17, 15) is 19.1 Å². The summed E-state index contributed by atoms with van der Waals surface area (Å²) in [5.41, 5.74) is -0.695. The van der Waals surface area contributed by atoms with Gasteiger partial charge in [0.15, 0.2) is 0 Å². The van der Waals surface area contributed by atoms with Crippen LogP contribution in [0.4, 0.5) is 10.1 Å². The molecule has 5 nitrogen and oxygen atoms in total. The number of benzene rings is 1.